The number of cyclic esters (lactones) is 1. The molecule has 0 aliphatic carbocycles. The van der Waals surface area contributed by atoms with E-state index in [0.717, 1.165) is 22.3 Å². The quantitative estimate of drug-likeness (QED) is 0.0721. The maximum Gasteiger partial charge on any atom is 0.325 e. The highest BCUT2D eigenvalue weighted by Gasteiger charge is 2.63. The zero-order valence-electron chi connectivity index (χ0n) is 29.5. The number of aliphatic hydroxyl groups is 2. The summed E-state index contributed by atoms with van der Waals surface area (Å²) in [5, 5.41) is 33.7. The van der Waals surface area contributed by atoms with Crippen LogP contribution in [0, 0.1) is 17.8 Å². The lowest BCUT2D eigenvalue weighted by molar-refractivity contribution is -0.179. The zero-order valence-corrected chi connectivity index (χ0v) is 29.5. The first-order valence-electron chi connectivity index (χ1n) is 17.7. The van der Waals surface area contributed by atoms with E-state index in [4.69, 9.17) is 14.2 Å². The number of hydrogen-bond donors (Lipinski definition) is 4. The third-order valence-electron chi connectivity index (χ3n) is 10.1. The van der Waals surface area contributed by atoms with E-state index >= 15 is 0 Å². The Kier molecular flexibility index (Phi) is 10.9. The first-order valence-corrected chi connectivity index (χ1v) is 17.7. The van der Waals surface area contributed by atoms with E-state index in [2.05, 4.69) is 17.2 Å². The Balaban J connectivity index is 1.44. The van der Waals surface area contributed by atoms with E-state index in [1.54, 1.807) is 25.3 Å². The lowest BCUT2D eigenvalue weighted by Gasteiger charge is -2.45. The minimum Gasteiger partial charge on any atom is -0.497 e. The van der Waals surface area contributed by atoms with Gasteiger partial charge < -0.3 is 34.8 Å². The second kappa shape index (κ2) is 16.3. The van der Waals surface area contributed by atoms with Crippen LogP contribution in [0.3, 0.4) is 0 Å². The van der Waals surface area contributed by atoms with Crippen molar-refractivity contribution < 1.29 is 39.1 Å². The molecule has 2 saturated heterocycles. The molecule has 2 aliphatic heterocycles. The zero-order chi connectivity index (χ0) is 37.6. The molecule has 0 unspecified atom stereocenters. The van der Waals surface area contributed by atoms with Gasteiger partial charge in [-0.15, -0.1) is 0 Å². The van der Waals surface area contributed by atoms with Crippen molar-refractivity contribution in [3.63, 3.8) is 0 Å². The second-order valence-electron chi connectivity index (χ2n) is 13.1. The third-order valence-corrected chi connectivity index (χ3v) is 10.1. The monoisotopic (exact) mass is 724 g/mol. The van der Waals surface area contributed by atoms with Crippen molar-refractivity contribution in [1.82, 2.24) is 4.90 Å². The predicted molar refractivity (Wildman–Crippen MR) is 202 cm³/mol. The molecular weight excluding hydrogens is 684 g/mol. The molecule has 5 aromatic rings. The Labute approximate surface area is 313 Å². The van der Waals surface area contributed by atoms with Gasteiger partial charge in [0.15, 0.2) is 0 Å². The molecule has 7 rings (SSSR count). The van der Waals surface area contributed by atoms with Crippen LogP contribution in [0.25, 0.3) is 0 Å². The van der Waals surface area contributed by atoms with Crippen LogP contribution in [-0.4, -0.2) is 65.3 Å². The molecule has 2 fully saturated rings. The lowest BCUT2D eigenvalue weighted by atomic mass is 9.78. The van der Waals surface area contributed by atoms with Gasteiger partial charge in [-0.25, -0.2) is 0 Å². The molecule has 0 aromatic heterocycles. The van der Waals surface area contributed by atoms with E-state index in [1.807, 2.05) is 114 Å². The largest absolute Gasteiger partial charge is 0.497 e. The van der Waals surface area contributed by atoms with Gasteiger partial charge in [0.05, 0.1) is 25.7 Å². The maximum absolute atomic E-state index is 14.4. The molecular formula is C44H40N2O8. The number of carboxylic acid groups (broad SMARTS) is 1. The number of benzene rings is 5. The SMILES string of the molecule is COc1ccc(C#Cc2ccc(NCO)c([C@@H]3[C@H](C(=O)O)[C@H]4C(=O)O[C@H](c5ccccc5)[C@H](c5ccccc5)N4[C@@H]3c3ccc(OCCO)cc3)c2)cc1. The normalized spacial score (nSPS) is 21.9. The van der Waals surface area contributed by atoms with E-state index < -0.39 is 54.7 Å². The van der Waals surface area contributed by atoms with Crippen LogP contribution >= 0.6 is 0 Å². The predicted octanol–water partition coefficient (Wildman–Crippen LogP) is 6.08. The number of carbonyl (C=O) groups is 2. The van der Waals surface area contributed by atoms with Crippen LogP contribution in [0.1, 0.15) is 57.5 Å². The average molecular weight is 725 g/mol. The molecule has 2 heterocycles. The second-order valence-corrected chi connectivity index (χ2v) is 13.1. The Morgan fingerprint density at radius 3 is 2.00 bits per heavy atom. The number of nitrogens with zero attached hydrogens (tertiary/aromatic N) is 1. The summed E-state index contributed by atoms with van der Waals surface area (Å²) in [5.74, 6) is 3.76. The molecule has 5 aromatic carbocycles. The summed E-state index contributed by atoms with van der Waals surface area (Å²) in [5.41, 5.74) is 4.85. The summed E-state index contributed by atoms with van der Waals surface area (Å²) in [6, 6.07) is 36.8. The minimum atomic E-state index is -1.26. The molecule has 2 aliphatic rings. The van der Waals surface area contributed by atoms with Crippen molar-refractivity contribution in [1.29, 1.82) is 0 Å². The molecule has 274 valence electrons. The van der Waals surface area contributed by atoms with Gasteiger partial charge in [-0.1, -0.05) is 84.6 Å². The molecule has 6 atom stereocenters. The van der Waals surface area contributed by atoms with Crippen molar-refractivity contribution in [2.24, 2.45) is 5.92 Å². The highest BCUT2D eigenvalue weighted by Crippen LogP contribution is 2.59. The number of hydrogen-bond acceptors (Lipinski definition) is 9. The summed E-state index contributed by atoms with van der Waals surface area (Å²) in [4.78, 5) is 30.1. The number of fused-ring (bicyclic) bond motifs is 1. The number of methoxy groups -OCH3 is 1. The maximum atomic E-state index is 14.4. The number of rotatable bonds is 11. The van der Waals surface area contributed by atoms with Crippen LogP contribution < -0.4 is 14.8 Å². The standard InChI is InChI=1S/C44H40N2O8/c1-52-33-19-14-28(15-20-33)12-13-29-16-23-36(45-27-48)35(26-29)37-38(43(49)50)41-44(51)54-42(32-10-6-3-7-11-32)40(30-8-4-2-5-9-30)46(41)39(37)31-17-21-34(22-18-31)53-25-24-47/h2-11,14-23,26,37-42,45,47-48H,24-25,27H2,1H3,(H,49,50)/t37-,38+,39-,40+,41+,42-/m1/s1. The van der Waals surface area contributed by atoms with Crippen LogP contribution in [0.5, 0.6) is 11.5 Å². The molecule has 0 saturated carbocycles. The summed E-state index contributed by atoms with van der Waals surface area (Å²) in [7, 11) is 1.60. The highest BCUT2D eigenvalue weighted by atomic mass is 16.6. The van der Waals surface area contributed by atoms with Crippen LogP contribution in [-0.2, 0) is 14.3 Å². The number of morpholine rings is 1. The molecule has 0 radical (unpaired) electrons. The fraction of sp³-hybridized carbons (Fsp3) is 0.227. The van der Waals surface area contributed by atoms with Gasteiger partial charge in [-0.05, 0) is 76.9 Å². The lowest BCUT2D eigenvalue weighted by Crippen LogP contribution is -2.52. The number of anilines is 1. The van der Waals surface area contributed by atoms with Gasteiger partial charge in [0, 0.05) is 28.8 Å². The molecule has 10 nitrogen and oxygen atoms in total. The Morgan fingerprint density at radius 2 is 1.37 bits per heavy atom. The Morgan fingerprint density at radius 1 is 0.759 bits per heavy atom. The number of carboxylic acids is 1. The molecule has 4 N–H and O–H groups in total. The van der Waals surface area contributed by atoms with Crippen LogP contribution in [0.2, 0.25) is 0 Å². The van der Waals surface area contributed by atoms with E-state index in [1.165, 1.54) is 0 Å². The van der Waals surface area contributed by atoms with E-state index in [-0.39, 0.29) is 13.2 Å². The van der Waals surface area contributed by atoms with Crippen molar-refractivity contribution in [2.45, 2.75) is 30.1 Å². The topological polar surface area (TPSA) is 138 Å². The summed E-state index contributed by atoms with van der Waals surface area (Å²) in [6.07, 6.45) is -0.753. The van der Waals surface area contributed by atoms with Crippen molar-refractivity contribution in [3.8, 4) is 23.3 Å². The minimum absolute atomic E-state index is 0.113. The van der Waals surface area contributed by atoms with Gasteiger partial charge in [0.1, 0.15) is 37.0 Å². The molecule has 0 bridgehead atoms. The number of aliphatic hydroxyl groups excluding tert-OH is 2. The van der Waals surface area contributed by atoms with Crippen molar-refractivity contribution in [2.75, 3.05) is 32.4 Å². The van der Waals surface area contributed by atoms with Crippen molar-refractivity contribution in [3.05, 3.63) is 161 Å². The fourth-order valence-corrected chi connectivity index (χ4v) is 7.79. The number of ether oxygens (including phenoxy) is 3. The van der Waals surface area contributed by atoms with Crippen LogP contribution in [0.4, 0.5) is 5.69 Å². The van der Waals surface area contributed by atoms with Gasteiger partial charge in [0.25, 0.3) is 0 Å². The average Bonchev–Trinajstić information content (AvgIpc) is 3.57. The number of nitrogens with one attached hydrogen (secondary N) is 1. The summed E-state index contributed by atoms with van der Waals surface area (Å²) < 4.78 is 17.3. The number of esters is 1. The van der Waals surface area contributed by atoms with E-state index in [9.17, 15) is 24.9 Å². The number of carbonyl (C=O) groups excluding carboxylic acids is 1. The molecule has 54 heavy (non-hydrogen) atoms. The summed E-state index contributed by atoms with van der Waals surface area (Å²) in [6.45, 7) is -0.446. The fourth-order valence-electron chi connectivity index (χ4n) is 7.79. The Bertz CT molecular complexity index is 2130. The van der Waals surface area contributed by atoms with E-state index in [0.29, 0.717) is 28.3 Å². The Hall–Kier alpha value is -6.12. The summed E-state index contributed by atoms with van der Waals surface area (Å²) >= 11 is 0. The molecule has 0 amide bonds. The molecule has 10 heteroatoms. The first-order chi connectivity index (χ1) is 26.4. The highest BCUT2D eigenvalue weighted by molar-refractivity contribution is 5.87. The smallest absolute Gasteiger partial charge is 0.325 e. The first kappa shape index (κ1) is 36.2. The van der Waals surface area contributed by atoms with Crippen LogP contribution in [0.15, 0.2) is 127 Å². The van der Waals surface area contributed by atoms with Gasteiger partial charge >= 0.3 is 11.9 Å². The number of aliphatic carboxylic acids is 1. The van der Waals surface area contributed by atoms with Gasteiger partial charge in [-0.2, -0.15) is 0 Å². The third kappa shape index (κ3) is 7.25. The van der Waals surface area contributed by atoms with Crippen molar-refractivity contribution >= 4 is 17.6 Å². The van der Waals surface area contributed by atoms with Gasteiger partial charge in [0.2, 0.25) is 0 Å². The molecule has 0 spiro atoms. The van der Waals surface area contributed by atoms with Gasteiger partial charge in [-0.3, -0.25) is 14.5 Å².